The van der Waals surface area contributed by atoms with Crippen LogP contribution < -0.4 is 31.1 Å². The molecule has 0 N–H and O–H groups in total. The second kappa shape index (κ2) is 11.1. The van der Waals surface area contributed by atoms with E-state index in [0.717, 1.165) is 0 Å². The van der Waals surface area contributed by atoms with Crippen LogP contribution in [-0.2, 0) is 0 Å². The predicted molar refractivity (Wildman–Crippen MR) is 208 cm³/mol. The first-order valence-electron chi connectivity index (χ1n) is 16.3. The zero-order chi connectivity index (χ0) is 32.5. The first kappa shape index (κ1) is 33.9. The maximum atomic E-state index is 2.72. The van der Waals surface area contributed by atoms with Crippen molar-refractivity contribution in [1.82, 2.24) is 0 Å². The van der Waals surface area contributed by atoms with Gasteiger partial charge in [-0.3, -0.25) is 0 Å². The molecule has 3 aromatic carbocycles. The monoisotopic (exact) mass is 638 g/mol. The van der Waals surface area contributed by atoms with E-state index >= 15 is 0 Å². The Morgan fingerprint density at radius 2 is 0.744 bits per heavy atom. The van der Waals surface area contributed by atoms with Crippen molar-refractivity contribution < 1.29 is 0 Å². The fourth-order valence-electron chi connectivity index (χ4n) is 7.82. The number of hydrogen-bond donors (Lipinski definition) is 0. The number of benzene rings is 3. The fourth-order valence-corrected chi connectivity index (χ4v) is 23.7. The molecule has 1 aliphatic rings. The van der Waals surface area contributed by atoms with E-state index < -0.39 is 32.3 Å². The minimum absolute atomic E-state index is 0.0991. The summed E-state index contributed by atoms with van der Waals surface area (Å²) in [5.74, 6) is 0. The smallest absolute Gasteiger partial charge is 0.0730 e. The molecule has 4 rings (SSSR count). The number of allylic oxidation sites excluding steroid dienone is 4. The lowest BCUT2D eigenvalue weighted by atomic mass is 10.0. The summed E-state index contributed by atoms with van der Waals surface area (Å²) in [6, 6.07) is 22.9. The summed E-state index contributed by atoms with van der Waals surface area (Å²) in [5, 5.41) is 9.89. The van der Waals surface area contributed by atoms with E-state index in [2.05, 4.69) is 168 Å². The van der Waals surface area contributed by atoms with Gasteiger partial charge in [0.1, 0.15) is 0 Å². The quantitative estimate of drug-likeness (QED) is 0.183. The van der Waals surface area contributed by atoms with Crippen LogP contribution in [0.1, 0.15) is 44.4 Å². The van der Waals surface area contributed by atoms with Crippen molar-refractivity contribution in [3.8, 4) is 0 Å². The summed E-state index contributed by atoms with van der Waals surface area (Å²) >= 11 is 0. The third-order valence-electron chi connectivity index (χ3n) is 10.4. The summed E-state index contributed by atoms with van der Waals surface area (Å²) < 4.78 is 0. The van der Waals surface area contributed by atoms with Crippen LogP contribution in [0.2, 0.25) is 64.0 Å². The molecule has 4 heteroatoms. The summed E-state index contributed by atoms with van der Waals surface area (Å²) in [6.45, 7) is 39.9. The van der Waals surface area contributed by atoms with Gasteiger partial charge in [-0.15, -0.1) is 0 Å². The van der Waals surface area contributed by atoms with Crippen molar-refractivity contribution in [2.24, 2.45) is 0 Å². The summed E-state index contributed by atoms with van der Waals surface area (Å²) in [4.78, 5) is 0. The predicted octanol–water partition coefficient (Wildman–Crippen LogP) is 7.77. The first-order chi connectivity index (χ1) is 19.6. The largest absolute Gasteiger partial charge is 0.161 e. The zero-order valence-corrected chi connectivity index (χ0v) is 34.3. The Balaban J connectivity index is 2.50. The van der Waals surface area contributed by atoms with Gasteiger partial charge in [0.05, 0.1) is 24.2 Å². The van der Waals surface area contributed by atoms with Gasteiger partial charge >= 0.3 is 0 Å². The molecule has 0 nitrogen and oxygen atoms in total. The van der Waals surface area contributed by atoms with Crippen molar-refractivity contribution >= 4 is 63.4 Å². The Kier molecular flexibility index (Phi) is 8.76. The number of rotatable bonds is 7. The van der Waals surface area contributed by atoms with Gasteiger partial charge in [0.25, 0.3) is 0 Å². The molecule has 1 atom stereocenters. The molecule has 230 valence electrons. The highest BCUT2D eigenvalue weighted by molar-refractivity contribution is 7.20. The molecule has 0 amide bonds. The molecule has 0 aliphatic heterocycles. The van der Waals surface area contributed by atoms with Crippen molar-refractivity contribution in [3.05, 3.63) is 94.1 Å². The van der Waals surface area contributed by atoms with Crippen LogP contribution in [0.25, 0.3) is 0 Å². The minimum Gasteiger partial charge on any atom is -0.0730 e. The maximum absolute atomic E-state index is 2.82. The van der Waals surface area contributed by atoms with Gasteiger partial charge in [0.15, 0.2) is 8.07 Å². The van der Waals surface area contributed by atoms with Gasteiger partial charge in [-0.2, -0.15) is 0 Å². The molecular weight excluding hydrogens is 581 g/mol. The van der Waals surface area contributed by atoms with Crippen LogP contribution in [0.4, 0.5) is 0 Å². The van der Waals surface area contributed by atoms with Gasteiger partial charge in [-0.05, 0) is 62.7 Å². The Morgan fingerprint density at radius 1 is 0.442 bits per heavy atom. The molecule has 0 aromatic heterocycles. The second-order valence-corrected chi connectivity index (χ2v) is 36.2. The van der Waals surface area contributed by atoms with Crippen LogP contribution in [0.3, 0.4) is 0 Å². The van der Waals surface area contributed by atoms with Crippen LogP contribution >= 0.6 is 0 Å². The first-order valence-corrected chi connectivity index (χ1v) is 28.8. The lowest BCUT2D eigenvalue weighted by Crippen LogP contribution is -2.83. The van der Waals surface area contributed by atoms with E-state index in [0.29, 0.717) is 0 Å². The zero-order valence-electron chi connectivity index (χ0n) is 30.3. The summed E-state index contributed by atoms with van der Waals surface area (Å²) in [6.07, 6.45) is 2.72. The average Bonchev–Trinajstić information content (AvgIpc) is 3.07. The SMILES string of the molecule is CC1=CC(C)([Si](c2ccc(C)cc2[Si](C)(C)C)(c2ccc(C)cc2[Si](C)(C)C)c2ccc(C)cc2[Si](C)(C)C)C(C)=C1C. The molecule has 0 radical (unpaired) electrons. The molecular formula is C39H58Si4. The maximum Gasteiger partial charge on any atom is 0.161 e. The second-order valence-electron chi connectivity index (χ2n) is 16.9. The van der Waals surface area contributed by atoms with Crippen LogP contribution in [-0.4, -0.2) is 32.3 Å². The van der Waals surface area contributed by atoms with Crippen molar-refractivity contribution in [3.63, 3.8) is 0 Å². The molecule has 1 aliphatic carbocycles. The third-order valence-corrected chi connectivity index (χ3v) is 23.0. The highest BCUT2D eigenvalue weighted by Gasteiger charge is 2.59. The normalized spacial score (nSPS) is 18.4. The molecule has 1 unspecified atom stereocenters. The fraction of sp³-hybridized carbons (Fsp3) is 0.436. The third kappa shape index (κ3) is 5.66. The van der Waals surface area contributed by atoms with Crippen molar-refractivity contribution in [1.29, 1.82) is 0 Å². The Hall–Kier alpha value is -1.99. The van der Waals surface area contributed by atoms with E-state index in [1.807, 2.05) is 0 Å². The molecule has 0 bridgehead atoms. The standard InChI is InChI=1S/C39H58Si4/c1-27-17-20-33(36(23-27)40(8,9)10)43(39(7)26-30(4)31(5)32(39)6,34-21-18-28(2)24-37(34)41(11,12)13)35-22-19-29(3)25-38(35)42(14,15)16/h17-26H,1-16H3. The molecule has 0 spiro atoms. The van der Waals surface area contributed by atoms with Crippen LogP contribution in [0, 0.1) is 20.8 Å². The van der Waals surface area contributed by atoms with Gasteiger partial charge in [-0.25, -0.2) is 0 Å². The van der Waals surface area contributed by atoms with Crippen LogP contribution in [0.5, 0.6) is 0 Å². The van der Waals surface area contributed by atoms with E-state index in [4.69, 9.17) is 0 Å². The van der Waals surface area contributed by atoms with Gasteiger partial charge in [0.2, 0.25) is 0 Å². The molecule has 0 heterocycles. The number of aryl methyl sites for hydroxylation is 3. The van der Waals surface area contributed by atoms with Gasteiger partial charge in [0, 0.05) is 5.04 Å². The lowest BCUT2D eigenvalue weighted by Gasteiger charge is -2.51. The van der Waals surface area contributed by atoms with E-state index in [9.17, 15) is 0 Å². The van der Waals surface area contributed by atoms with Crippen molar-refractivity contribution in [2.45, 2.75) is 112 Å². The minimum atomic E-state index is -2.82. The van der Waals surface area contributed by atoms with Crippen LogP contribution in [0.15, 0.2) is 77.4 Å². The number of hydrogen-bond acceptors (Lipinski definition) is 0. The molecule has 43 heavy (non-hydrogen) atoms. The Bertz CT molecular complexity index is 1480. The topological polar surface area (TPSA) is 0 Å². The highest BCUT2D eigenvalue weighted by atomic mass is 28.3. The molecule has 0 saturated carbocycles. The lowest BCUT2D eigenvalue weighted by molar-refractivity contribution is 0.871. The molecule has 3 aromatic rings. The van der Waals surface area contributed by atoms with E-state index in [-0.39, 0.29) is 5.04 Å². The Morgan fingerprint density at radius 3 is 0.977 bits per heavy atom. The Labute approximate surface area is 268 Å². The van der Waals surface area contributed by atoms with E-state index in [1.165, 1.54) is 27.8 Å². The highest BCUT2D eigenvalue weighted by Crippen LogP contribution is 2.52. The van der Waals surface area contributed by atoms with Crippen molar-refractivity contribution in [2.75, 3.05) is 0 Å². The summed E-state index contributed by atoms with van der Waals surface area (Å²) in [5.41, 5.74) is 8.69. The van der Waals surface area contributed by atoms with Gasteiger partial charge in [-0.1, -0.05) is 170 Å². The molecule has 0 fully saturated rings. The van der Waals surface area contributed by atoms with Gasteiger partial charge < -0.3 is 0 Å². The summed E-state index contributed by atoms with van der Waals surface area (Å²) in [7, 11) is -8.08. The average molecular weight is 639 g/mol. The molecule has 0 saturated heterocycles. The van der Waals surface area contributed by atoms with E-state index in [1.54, 1.807) is 36.7 Å².